The number of hydrogen-bond donors (Lipinski definition) is 1. The number of piperidine rings is 1. The summed E-state index contributed by atoms with van der Waals surface area (Å²) in [4.78, 5) is 2.41. The summed E-state index contributed by atoms with van der Waals surface area (Å²) in [5.41, 5.74) is 1.41. The van der Waals surface area contributed by atoms with Gasteiger partial charge in [0.25, 0.3) is 0 Å². The van der Waals surface area contributed by atoms with E-state index in [4.69, 9.17) is 11.6 Å². The highest BCUT2D eigenvalue weighted by molar-refractivity contribution is 6.31. The number of phenolic OH excluding ortho intramolecular Hbond substituents is 1. The first-order valence-electron chi connectivity index (χ1n) is 7.29. The first kappa shape index (κ1) is 14.7. The third kappa shape index (κ3) is 3.24. The van der Waals surface area contributed by atoms with Gasteiger partial charge in [0.1, 0.15) is 5.75 Å². The Morgan fingerprint density at radius 2 is 1.84 bits per heavy atom. The molecule has 0 saturated carbocycles. The minimum Gasteiger partial charge on any atom is -0.508 e. The fourth-order valence-corrected chi connectivity index (χ4v) is 3.30. The van der Waals surface area contributed by atoms with Crippen molar-refractivity contribution in [3.8, 4) is 5.75 Å². The van der Waals surface area contributed by atoms with Crippen molar-refractivity contribution in [2.24, 2.45) is 5.41 Å². The van der Waals surface area contributed by atoms with E-state index in [1.807, 2.05) is 6.07 Å². The van der Waals surface area contributed by atoms with Gasteiger partial charge in [-0.3, -0.25) is 4.90 Å². The van der Waals surface area contributed by atoms with Crippen molar-refractivity contribution in [1.82, 2.24) is 4.90 Å². The lowest BCUT2D eigenvalue weighted by molar-refractivity contribution is 0.0904. The minimum atomic E-state index is 0.315. The van der Waals surface area contributed by atoms with E-state index in [1.165, 1.54) is 25.7 Å². The Balaban J connectivity index is 2.00. The predicted molar refractivity (Wildman–Crippen MR) is 80.6 cm³/mol. The third-order valence-corrected chi connectivity index (χ3v) is 5.25. The van der Waals surface area contributed by atoms with Gasteiger partial charge in [-0.2, -0.15) is 0 Å². The second-order valence-electron chi connectivity index (χ2n) is 5.72. The van der Waals surface area contributed by atoms with Crippen molar-refractivity contribution in [1.29, 1.82) is 0 Å². The molecule has 1 fully saturated rings. The van der Waals surface area contributed by atoms with Crippen molar-refractivity contribution in [3.05, 3.63) is 28.8 Å². The van der Waals surface area contributed by atoms with Gasteiger partial charge < -0.3 is 5.11 Å². The Morgan fingerprint density at radius 1 is 1.21 bits per heavy atom. The van der Waals surface area contributed by atoms with Crippen molar-refractivity contribution >= 4 is 11.6 Å². The maximum Gasteiger partial charge on any atom is 0.121 e. The van der Waals surface area contributed by atoms with E-state index in [1.54, 1.807) is 12.1 Å². The first-order chi connectivity index (χ1) is 9.10. The van der Waals surface area contributed by atoms with Crippen molar-refractivity contribution in [3.63, 3.8) is 0 Å². The van der Waals surface area contributed by atoms with E-state index in [-0.39, 0.29) is 0 Å². The molecule has 0 bridgehead atoms. The molecule has 1 aliphatic heterocycles. The summed E-state index contributed by atoms with van der Waals surface area (Å²) in [5, 5.41) is 10.6. The van der Waals surface area contributed by atoms with Gasteiger partial charge in [0.2, 0.25) is 0 Å². The van der Waals surface area contributed by atoms with Crippen LogP contribution in [-0.4, -0.2) is 23.1 Å². The van der Waals surface area contributed by atoms with Crippen LogP contribution in [0.15, 0.2) is 18.2 Å². The van der Waals surface area contributed by atoms with Crippen LogP contribution < -0.4 is 0 Å². The molecular weight excluding hydrogens is 258 g/mol. The van der Waals surface area contributed by atoms with Crippen LogP contribution >= 0.6 is 11.6 Å². The molecule has 106 valence electrons. The van der Waals surface area contributed by atoms with Crippen LogP contribution in [0, 0.1) is 5.41 Å². The van der Waals surface area contributed by atoms with Crippen LogP contribution in [0.5, 0.6) is 5.75 Å². The number of nitrogens with zero attached hydrogens (tertiary/aromatic N) is 1. The molecule has 0 unspecified atom stereocenters. The van der Waals surface area contributed by atoms with Crippen LogP contribution in [0.3, 0.4) is 0 Å². The molecule has 2 rings (SSSR count). The molecule has 0 aliphatic carbocycles. The lowest BCUT2D eigenvalue weighted by atomic mass is 9.74. The van der Waals surface area contributed by atoms with Gasteiger partial charge in [0, 0.05) is 17.1 Å². The van der Waals surface area contributed by atoms with Crippen LogP contribution in [0.25, 0.3) is 0 Å². The van der Waals surface area contributed by atoms with E-state index >= 15 is 0 Å². The van der Waals surface area contributed by atoms with Crippen molar-refractivity contribution in [2.75, 3.05) is 13.1 Å². The number of phenols is 1. The molecule has 1 heterocycles. The molecule has 1 N–H and O–H groups in total. The zero-order valence-electron chi connectivity index (χ0n) is 12.0. The Kier molecular flexibility index (Phi) is 4.75. The number of halogens is 1. The highest BCUT2D eigenvalue weighted by Gasteiger charge is 2.31. The molecular formula is C16H24ClNO. The summed E-state index contributed by atoms with van der Waals surface area (Å²) < 4.78 is 0. The number of benzene rings is 1. The smallest absolute Gasteiger partial charge is 0.121 e. The van der Waals surface area contributed by atoms with E-state index in [9.17, 15) is 5.11 Å². The minimum absolute atomic E-state index is 0.315. The summed E-state index contributed by atoms with van der Waals surface area (Å²) in [6.07, 6.45) is 5.06. The summed E-state index contributed by atoms with van der Waals surface area (Å²) in [6, 6.07) is 5.35. The van der Waals surface area contributed by atoms with Gasteiger partial charge in [-0.15, -0.1) is 0 Å². The largest absolute Gasteiger partial charge is 0.508 e. The Morgan fingerprint density at radius 3 is 2.37 bits per heavy atom. The summed E-state index contributed by atoms with van der Waals surface area (Å²) in [7, 11) is 0. The summed E-state index contributed by atoms with van der Waals surface area (Å²) >= 11 is 6.17. The number of hydrogen-bond acceptors (Lipinski definition) is 2. The van der Waals surface area contributed by atoms with Gasteiger partial charge in [-0.25, -0.2) is 0 Å². The fraction of sp³-hybridized carbons (Fsp3) is 0.625. The van der Waals surface area contributed by atoms with Crippen LogP contribution in [0.2, 0.25) is 5.02 Å². The molecule has 2 nitrogen and oxygen atoms in total. The molecule has 0 spiro atoms. The molecule has 3 heteroatoms. The van der Waals surface area contributed by atoms with E-state index in [0.29, 0.717) is 16.2 Å². The van der Waals surface area contributed by atoms with Gasteiger partial charge in [-0.1, -0.05) is 44.4 Å². The van der Waals surface area contributed by atoms with Gasteiger partial charge >= 0.3 is 0 Å². The zero-order chi connectivity index (χ0) is 13.9. The second kappa shape index (κ2) is 6.15. The van der Waals surface area contributed by atoms with Crippen LogP contribution in [0.1, 0.15) is 45.1 Å². The molecule has 1 aromatic rings. The fourth-order valence-electron chi connectivity index (χ4n) is 3.07. The summed E-state index contributed by atoms with van der Waals surface area (Å²) in [6.45, 7) is 7.58. The predicted octanol–water partition coefficient (Wildman–Crippen LogP) is 4.45. The maximum absolute atomic E-state index is 9.91. The molecule has 19 heavy (non-hydrogen) atoms. The molecule has 0 amide bonds. The molecule has 0 radical (unpaired) electrons. The zero-order valence-corrected chi connectivity index (χ0v) is 12.7. The molecule has 1 aromatic carbocycles. The average molecular weight is 282 g/mol. The highest BCUT2D eigenvalue weighted by Crippen LogP contribution is 2.38. The second-order valence-corrected chi connectivity index (χ2v) is 6.13. The number of aromatic hydroxyl groups is 1. The number of rotatable bonds is 4. The van der Waals surface area contributed by atoms with Crippen molar-refractivity contribution in [2.45, 2.75) is 46.1 Å². The highest BCUT2D eigenvalue weighted by atomic mass is 35.5. The first-order valence-corrected chi connectivity index (χ1v) is 7.67. The topological polar surface area (TPSA) is 23.5 Å². The molecule has 1 aliphatic rings. The van der Waals surface area contributed by atoms with E-state index < -0.39 is 0 Å². The lowest BCUT2D eigenvalue weighted by Crippen LogP contribution is -2.39. The van der Waals surface area contributed by atoms with E-state index in [2.05, 4.69) is 18.7 Å². The normalized spacial score (nSPS) is 19.5. The maximum atomic E-state index is 9.91. The number of likely N-dealkylation sites (tertiary alicyclic amines) is 1. The third-order valence-electron chi connectivity index (χ3n) is 4.89. The Bertz CT molecular complexity index is 399. The van der Waals surface area contributed by atoms with Crippen LogP contribution in [-0.2, 0) is 6.54 Å². The lowest BCUT2D eigenvalue weighted by Gasteiger charge is -2.41. The quantitative estimate of drug-likeness (QED) is 0.881. The molecule has 1 saturated heterocycles. The average Bonchev–Trinajstić information content (AvgIpc) is 2.44. The van der Waals surface area contributed by atoms with Gasteiger partial charge in [0.05, 0.1) is 0 Å². The van der Waals surface area contributed by atoms with Crippen molar-refractivity contribution < 1.29 is 5.11 Å². The molecule has 0 atom stereocenters. The van der Waals surface area contributed by atoms with Crippen LogP contribution in [0.4, 0.5) is 0 Å². The van der Waals surface area contributed by atoms with Gasteiger partial charge in [-0.05, 0) is 43.5 Å². The SMILES string of the molecule is CCC1(CC)CCN(Cc2c(O)cccc2Cl)CC1. The monoisotopic (exact) mass is 281 g/mol. The standard InChI is InChI=1S/C16H24ClNO/c1-3-16(4-2)8-10-18(11-9-16)12-13-14(17)6-5-7-15(13)19/h5-7,19H,3-4,8-12H2,1-2H3. The Labute approximate surface area is 121 Å². The van der Waals surface area contributed by atoms with Gasteiger partial charge in [0.15, 0.2) is 0 Å². The van der Waals surface area contributed by atoms with E-state index in [0.717, 1.165) is 25.2 Å². The Hall–Kier alpha value is -0.730. The molecule has 0 aromatic heterocycles. The summed E-state index contributed by atoms with van der Waals surface area (Å²) in [5.74, 6) is 0.315.